The number of fused-ring (bicyclic) bond motifs is 1. The Morgan fingerprint density at radius 3 is 2.58 bits per heavy atom. The summed E-state index contributed by atoms with van der Waals surface area (Å²) in [6.45, 7) is 0. The molecule has 102 valence electrons. The van der Waals surface area contributed by atoms with Crippen LogP contribution in [0.15, 0.2) is 40.1 Å². The van der Waals surface area contributed by atoms with E-state index in [0.717, 1.165) is 12.1 Å². The third-order valence-electron chi connectivity index (χ3n) is 2.29. The van der Waals surface area contributed by atoms with Crippen LogP contribution >= 0.6 is 12.0 Å². The second kappa shape index (κ2) is 5.33. The van der Waals surface area contributed by atoms with Crippen molar-refractivity contribution in [1.29, 1.82) is 0 Å². The molecule has 0 spiro atoms. The van der Waals surface area contributed by atoms with Crippen LogP contribution in [0.2, 0.25) is 0 Å². The van der Waals surface area contributed by atoms with Gasteiger partial charge in [0, 0.05) is 4.90 Å². The van der Waals surface area contributed by atoms with Crippen LogP contribution in [-0.4, -0.2) is 18.2 Å². The van der Waals surface area contributed by atoms with Crippen LogP contribution < -0.4 is 5.11 Å². The number of hydrogen-bond acceptors (Lipinski definition) is 8. The highest BCUT2D eigenvalue weighted by molar-refractivity contribution is 7.94. The molecule has 0 aliphatic rings. The zero-order valence-corrected chi connectivity index (χ0v) is 10.7. The third kappa shape index (κ3) is 3.15. The first-order valence-corrected chi connectivity index (χ1v) is 6.92. The van der Waals surface area contributed by atoms with E-state index < -0.39 is 20.8 Å². The molecule has 0 saturated carbocycles. The lowest BCUT2D eigenvalue weighted by atomic mass is 10.1. The van der Waals surface area contributed by atoms with Gasteiger partial charge in [0.2, 0.25) is 0 Å². The van der Waals surface area contributed by atoms with Gasteiger partial charge in [0.25, 0.3) is 0 Å². The Morgan fingerprint density at radius 1 is 1.21 bits per heavy atom. The molecule has 7 nitrogen and oxygen atoms in total. The highest BCUT2D eigenvalue weighted by Crippen LogP contribution is 2.31. The van der Waals surface area contributed by atoms with Gasteiger partial charge in [0.1, 0.15) is 10.1 Å². The molecule has 0 aromatic heterocycles. The van der Waals surface area contributed by atoms with Gasteiger partial charge in [0.05, 0.1) is 16.9 Å². The molecular weight excluding hydrogens is 296 g/mol. The van der Waals surface area contributed by atoms with E-state index >= 15 is 0 Å². The highest BCUT2D eigenvalue weighted by atomic mass is 32.2. The summed E-state index contributed by atoms with van der Waals surface area (Å²) in [5.74, 6) is -0.409. The molecule has 0 saturated heterocycles. The first kappa shape index (κ1) is 14.1. The molecule has 0 bridgehead atoms. The van der Waals surface area contributed by atoms with Crippen molar-refractivity contribution in [2.24, 2.45) is 0 Å². The highest BCUT2D eigenvalue weighted by Gasteiger charge is 2.10. The quantitative estimate of drug-likeness (QED) is 0.388. The largest absolute Gasteiger partial charge is 0.872 e. The lowest BCUT2D eigenvalue weighted by molar-refractivity contribution is -0.432. The Morgan fingerprint density at radius 2 is 1.95 bits per heavy atom. The number of benzene rings is 2. The summed E-state index contributed by atoms with van der Waals surface area (Å²) in [5.41, 5.74) is 0. The summed E-state index contributed by atoms with van der Waals surface area (Å²) in [7, 11) is -4.75. The fraction of sp³-hybridized carbons (Fsp3) is 0. The van der Waals surface area contributed by atoms with Gasteiger partial charge in [-0.15, -0.1) is 10.1 Å². The van der Waals surface area contributed by atoms with E-state index in [1.165, 1.54) is 18.2 Å². The van der Waals surface area contributed by atoms with Crippen LogP contribution in [0.25, 0.3) is 10.8 Å². The van der Waals surface area contributed by atoms with Crippen molar-refractivity contribution in [2.45, 2.75) is 9.79 Å². The van der Waals surface area contributed by atoms with E-state index in [9.17, 15) is 18.1 Å². The van der Waals surface area contributed by atoms with Crippen LogP contribution in [0.4, 0.5) is 0 Å². The van der Waals surface area contributed by atoms with Gasteiger partial charge < -0.3 is 9.66 Å². The fourth-order valence-electron chi connectivity index (χ4n) is 1.59. The van der Waals surface area contributed by atoms with Crippen LogP contribution in [0, 0.1) is 0 Å². The Labute approximate surface area is 112 Å². The fourth-order valence-corrected chi connectivity index (χ4v) is 2.83. The molecule has 0 amide bonds. The van der Waals surface area contributed by atoms with E-state index in [1.54, 1.807) is 0 Å². The van der Waals surface area contributed by atoms with E-state index in [1.807, 2.05) is 0 Å². The van der Waals surface area contributed by atoms with Crippen molar-refractivity contribution in [1.82, 2.24) is 0 Å². The minimum absolute atomic E-state index is 0.0387. The van der Waals surface area contributed by atoms with Crippen molar-refractivity contribution in [3.05, 3.63) is 30.3 Å². The maximum absolute atomic E-state index is 11.2. The van der Waals surface area contributed by atoms with Crippen molar-refractivity contribution >= 4 is 32.9 Å². The lowest BCUT2D eigenvalue weighted by Gasteiger charge is -2.14. The van der Waals surface area contributed by atoms with E-state index in [0.29, 0.717) is 17.4 Å². The first-order valence-electron chi connectivity index (χ1n) is 4.77. The Hall–Kier alpha value is -1.36. The van der Waals surface area contributed by atoms with Gasteiger partial charge in [-0.25, -0.2) is 13.7 Å². The van der Waals surface area contributed by atoms with Gasteiger partial charge in [-0.3, -0.25) is 0 Å². The minimum Gasteiger partial charge on any atom is -0.872 e. The van der Waals surface area contributed by atoms with Gasteiger partial charge in [0.15, 0.2) is 0 Å². The number of hydrogen-bond donors (Lipinski definition) is 1. The molecule has 0 aliphatic carbocycles. The maximum atomic E-state index is 11.2. The molecule has 2 aromatic rings. The molecule has 9 heteroatoms. The lowest BCUT2D eigenvalue weighted by Crippen LogP contribution is -2.01. The monoisotopic (exact) mass is 302 g/mol. The summed E-state index contributed by atoms with van der Waals surface area (Å²) in [6, 6.07) is 6.20. The standard InChI is InChI=1S/C10H8O7S2/c11-7-2-1-6-3-8(18-17-16-12)5-10(9(6)4-7)19(13,14)15/h1-5,11-12H,(H,13,14,15)/p-2. The summed E-state index contributed by atoms with van der Waals surface area (Å²) in [6.07, 6.45) is 0. The van der Waals surface area contributed by atoms with Crippen LogP contribution in [0.5, 0.6) is 5.75 Å². The zero-order valence-electron chi connectivity index (χ0n) is 9.10. The second-order valence-electron chi connectivity index (χ2n) is 3.48. The van der Waals surface area contributed by atoms with Crippen LogP contribution in [-0.2, 0) is 19.5 Å². The molecule has 1 N–H and O–H groups in total. The van der Waals surface area contributed by atoms with E-state index in [4.69, 9.17) is 5.26 Å². The average Bonchev–Trinajstić information content (AvgIpc) is 2.34. The van der Waals surface area contributed by atoms with Crippen molar-refractivity contribution in [2.75, 3.05) is 0 Å². The van der Waals surface area contributed by atoms with Crippen molar-refractivity contribution in [3.8, 4) is 5.75 Å². The summed E-state index contributed by atoms with van der Waals surface area (Å²) in [4.78, 5) is -0.318. The van der Waals surface area contributed by atoms with E-state index in [2.05, 4.69) is 9.37 Å². The van der Waals surface area contributed by atoms with Crippen LogP contribution in [0.3, 0.4) is 0 Å². The van der Waals surface area contributed by atoms with Crippen LogP contribution in [0.1, 0.15) is 0 Å². The Kier molecular flexibility index (Phi) is 3.94. The topological polar surface area (TPSA) is 119 Å². The molecule has 19 heavy (non-hydrogen) atoms. The summed E-state index contributed by atoms with van der Waals surface area (Å²) < 4.78 is 37.8. The van der Waals surface area contributed by atoms with Gasteiger partial charge in [-0.05, 0) is 22.9 Å². The summed E-state index contributed by atoms with van der Waals surface area (Å²) >= 11 is 0.516. The van der Waals surface area contributed by atoms with Gasteiger partial charge in [-0.1, -0.05) is 23.2 Å². The van der Waals surface area contributed by atoms with Crippen molar-refractivity contribution in [3.63, 3.8) is 0 Å². The average molecular weight is 302 g/mol. The third-order valence-corrected chi connectivity index (χ3v) is 3.72. The second-order valence-corrected chi connectivity index (χ2v) is 5.61. The van der Waals surface area contributed by atoms with Crippen molar-refractivity contribution < 1.29 is 32.7 Å². The molecule has 0 fully saturated rings. The Bertz CT molecular complexity index is 711. The minimum atomic E-state index is -4.75. The van der Waals surface area contributed by atoms with Gasteiger partial charge >= 0.3 is 0 Å². The predicted molar refractivity (Wildman–Crippen MR) is 62.0 cm³/mol. The summed E-state index contributed by atoms with van der Waals surface area (Å²) in [5, 5.41) is 23.1. The predicted octanol–water partition coefficient (Wildman–Crippen LogP) is 1.25. The first-order chi connectivity index (χ1) is 8.91. The zero-order chi connectivity index (χ0) is 14.0. The Balaban J connectivity index is 2.69. The van der Waals surface area contributed by atoms with E-state index in [-0.39, 0.29) is 10.3 Å². The molecule has 0 unspecified atom stereocenters. The SMILES string of the molecule is O=S(=O)([O-])c1cc(SOOO)cc2ccc([O-])cc12. The molecule has 0 aliphatic heterocycles. The smallest absolute Gasteiger partial charge is 0.125 e. The van der Waals surface area contributed by atoms with Gasteiger partial charge in [-0.2, -0.15) is 0 Å². The molecule has 2 aromatic carbocycles. The molecule has 0 heterocycles. The molecule has 0 radical (unpaired) electrons. The molecule has 0 atom stereocenters. The maximum Gasteiger partial charge on any atom is 0.125 e. The normalized spacial score (nSPS) is 11.9. The number of rotatable bonds is 4. The molecule has 2 rings (SSSR count). The molecular formula is C10H6O7S2-2.